The van der Waals surface area contributed by atoms with Gasteiger partial charge in [0, 0.05) is 12.1 Å². The number of amides is 1. The van der Waals surface area contributed by atoms with Crippen molar-refractivity contribution in [1.82, 2.24) is 5.32 Å². The Hall–Kier alpha value is -1.84. The molecule has 1 saturated carbocycles. The molecule has 90 valence electrons. The molecule has 0 saturated heterocycles. The molecule has 2 atom stereocenters. The van der Waals surface area contributed by atoms with E-state index in [4.69, 9.17) is 5.11 Å². The first-order valence-electron chi connectivity index (χ1n) is 5.74. The minimum Gasteiger partial charge on any atom is -0.481 e. The fraction of sp³-hybridized carbons (Fsp3) is 0.385. The largest absolute Gasteiger partial charge is 0.481 e. The predicted molar refractivity (Wildman–Crippen MR) is 62.9 cm³/mol. The molecule has 1 aromatic carbocycles. The molecule has 0 radical (unpaired) electrons. The van der Waals surface area contributed by atoms with E-state index in [0.717, 1.165) is 5.56 Å². The van der Waals surface area contributed by atoms with Gasteiger partial charge in [-0.1, -0.05) is 12.1 Å². The highest BCUT2D eigenvalue weighted by Gasteiger charge is 2.44. The van der Waals surface area contributed by atoms with Crippen LogP contribution in [0, 0.1) is 5.92 Å². The van der Waals surface area contributed by atoms with Gasteiger partial charge in [-0.05, 0) is 37.0 Å². The van der Waals surface area contributed by atoms with Gasteiger partial charge in [-0.25, -0.2) is 0 Å². The molecule has 1 aromatic rings. The number of carboxylic acids is 1. The van der Waals surface area contributed by atoms with Crippen LogP contribution in [0.2, 0.25) is 0 Å². The molecule has 2 rings (SSSR count). The number of rotatable bonds is 4. The molecule has 4 nitrogen and oxygen atoms in total. The van der Waals surface area contributed by atoms with Gasteiger partial charge in [0.25, 0.3) is 5.91 Å². The summed E-state index contributed by atoms with van der Waals surface area (Å²) in [4.78, 5) is 22.4. The average molecular weight is 233 g/mol. The molecule has 2 unspecified atom stereocenters. The molecule has 0 bridgehead atoms. The average Bonchev–Trinajstić information content (AvgIpc) is 3.09. The number of nitrogens with one attached hydrogen (secondary N) is 1. The summed E-state index contributed by atoms with van der Waals surface area (Å²) in [7, 11) is 0. The lowest BCUT2D eigenvalue weighted by Crippen LogP contribution is -2.22. The zero-order valence-electron chi connectivity index (χ0n) is 9.64. The summed E-state index contributed by atoms with van der Waals surface area (Å²) < 4.78 is 0. The van der Waals surface area contributed by atoms with E-state index in [-0.39, 0.29) is 17.7 Å². The predicted octanol–water partition coefficient (Wildman–Crippen LogP) is 1.62. The Morgan fingerprint density at radius 2 is 2.24 bits per heavy atom. The third kappa shape index (κ3) is 2.46. The maximum atomic E-state index is 11.6. The van der Waals surface area contributed by atoms with Crippen LogP contribution in [0.1, 0.15) is 35.2 Å². The van der Waals surface area contributed by atoms with Crippen molar-refractivity contribution in [3.8, 4) is 0 Å². The standard InChI is InChI=1S/C13H15NO3/c1-2-14-12(15)9-5-3-4-8(6-9)10-7-11(10)13(16)17/h3-6,10-11H,2,7H2,1H3,(H,14,15)(H,16,17). The van der Waals surface area contributed by atoms with Gasteiger partial charge in [0.2, 0.25) is 0 Å². The minimum absolute atomic E-state index is 0.0712. The number of hydrogen-bond donors (Lipinski definition) is 2. The Morgan fingerprint density at radius 3 is 2.82 bits per heavy atom. The van der Waals surface area contributed by atoms with Gasteiger partial charge in [0.1, 0.15) is 0 Å². The second-order valence-corrected chi connectivity index (χ2v) is 4.27. The number of benzene rings is 1. The zero-order valence-corrected chi connectivity index (χ0v) is 9.64. The Kier molecular flexibility index (Phi) is 3.13. The Bertz CT molecular complexity index is 456. The van der Waals surface area contributed by atoms with Crippen molar-refractivity contribution in [1.29, 1.82) is 0 Å². The molecular weight excluding hydrogens is 218 g/mol. The van der Waals surface area contributed by atoms with Crippen molar-refractivity contribution < 1.29 is 14.7 Å². The molecule has 0 aromatic heterocycles. The smallest absolute Gasteiger partial charge is 0.307 e. The van der Waals surface area contributed by atoms with Gasteiger partial charge in [-0.3, -0.25) is 9.59 Å². The van der Waals surface area contributed by atoms with E-state index < -0.39 is 5.97 Å². The first-order valence-corrected chi connectivity index (χ1v) is 5.74. The van der Waals surface area contributed by atoms with E-state index in [1.807, 2.05) is 13.0 Å². The molecule has 0 heterocycles. The van der Waals surface area contributed by atoms with E-state index in [9.17, 15) is 9.59 Å². The molecule has 4 heteroatoms. The molecular formula is C13H15NO3. The van der Waals surface area contributed by atoms with E-state index >= 15 is 0 Å². The normalized spacial score (nSPS) is 21.9. The monoisotopic (exact) mass is 233 g/mol. The van der Waals surface area contributed by atoms with Gasteiger partial charge in [-0.2, -0.15) is 0 Å². The highest BCUT2D eigenvalue weighted by atomic mass is 16.4. The number of carbonyl (C=O) groups is 2. The van der Waals surface area contributed by atoms with Crippen LogP contribution in [0.3, 0.4) is 0 Å². The first kappa shape index (κ1) is 11.6. The molecule has 1 aliphatic rings. The highest BCUT2D eigenvalue weighted by Crippen LogP contribution is 2.47. The Morgan fingerprint density at radius 1 is 1.47 bits per heavy atom. The SMILES string of the molecule is CCNC(=O)c1cccc(C2CC2C(=O)O)c1. The van der Waals surface area contributed by atoms with Gasteiger partial charge in [0.15, 0.2) is 0 Å². The second-order valence-electron chi connectivity index (χ2n) is 4.27. The van der Waals surface area contributed by atoms with Crippen LogP contribution < -0.4 is 5.32 Å². The molecule has 1 aliphatic carbocycles. The number of hydrogen-bond acceptors (Lipinski definition) is 2. The van der Waals surface area contributed by atoms with Crippen molar-refractivity contribution in [2.45, 2.75) is 19.3 Å². The summed E-state index contributed by atoms with van der Waals surface area (Å²) in [5.41, 5.74) is 1.54. The molecule has 2 N–H and O–H groups in total. The lowest BCUT2D eigenvalue weighted by atomic mass is 10.1. The van der Waals surface area contributed by atoms with Crippen molar-refractivity contribution in [3.05, 3.63) is 35.4 Å². The minimum atomic E-state index is -0.751. The Balaban J connectivity index is 2.13. The molecule has 17 heavy (non-hydrogen) atoms. The van der Waals surface area contributed by atoms with E-state index in [1.54, 1.807) is 18.2 Å². The third-order valence-electron chi connectivity index (χ3n) is 3.02. The van der Waals surface area contributed by atoms with Crippen LogP contribution in [-0.2, 0) is 4.79 Å². The molecule has 0 spiro atoms. The maximum Gasteiger partial charge on any atom is 0.307 e. The van der Waals surface area contributed by atoms with Gasteiger partial charge in [0.05, 0.1) is 5.92 Å². The van der Waals surface area contributed by atoms with Crippen LogP contribution in [0.15, 0.2) is 24.3 Å². The topological polar surface area (TPSA) is 66.4 Å². The lowest BCUT2D eigenvalue weighted by Gasteiger charge is -2.04. The van der Waals surface area contributed by atoms with Crippen LogP contribution in [0.4, 0.5) is 0 Å². The summed E-state index contributed by atoms with van der Waals surface area (Å²) in [6, 6.07) is 7.22. The number of aliphatic carboxylic acids is 1. The van der Waals surface area contributed by atoms with E-state index in [2.05, 4.69) is 5.32 Å². The molecule has 1 fully saturated rings. The maximum absolute atomic E-state index is 11.6. The highest BCUT2D eigenvalue weighted by molar-refractivity contribution is 5.94. The molecule has 0 aliphatic heterocycles. The Labute approximate surface area is 99.6 Å². The van der Waals surface area contributed by atoms with Crippen LogP contribution in [-0.4, -0.2) is 23.5 Å². The van der Waals surface area contributed by atoms with Crippen LogP contribution >= 0.6 is 0 Å². The zero-order chi connectivity index (χ0) is 12.4. The van der Waals surface area contributed by atoms with E-state index in [1.165, 1.54) is 0 Å². The summed E-state index contributed by atoms with van der Waals surface area (Å²) in [6.45, 7) is 2.45. The second kappa shape index (κ2) is 4.57. The summed E-state index contributed by atoms with van der Waals surface area (Å²) in [5.74, 6) is -1.07. The quantitative estimate of drug-likeness (QED) is 0.830. The fourth-order valence-electron chi connectivity index (χ4n) is 2.01. The first-order chi connectivity index (χ1) is 8.13. The van der Waals surface area contributed by atoms with Crippen molar-refractivity contribution in [3.63, 3.8) is 0 Å². The summed E-state index contributed by atoms with van der Waals surface area (Å²) >= 11 is 0. The van der Waals surface area contributed by atoms with Crippen LogP contribution in [0.25, 0.3) is 0 Å². The van der Waals surface area contributed by atoms with Crippen molar-refractivity contribution >= 4 is 11.9 Å². The van der Waals surface area contributed by atoms with Gasteiger partial charge >= 0.3 is 5.97 Å². The lowest BCUT2D eigenvalue weighted by molar-refractivity contribution is -0.138. The number of carbonyl (C=O) groups excluding carboxylic acids is 1. The fourth-order valence-corrected chi connectivity index (χ4v) is 2.01. The van der Waals surface area contributed by atoms with E-state index in [0.29, 0.717) is 18.5 Å². The van der Waals surface area contributed by atoms with Crippen molar-refractivity contribution in [2.24, 2.45) is 5.92 Å². The van der Waals surface area contributed by atoms with Gasteiger partial charge < -0.3 is 10.4 Å². The van der Waals surface area contributed by atoms with Gasteiger partial charge in [-0.15, -0.1) is 0 Å². The summed E-state index contributed by atoms with van der Waals surface area (Å²) in [6.07, 6.45) is 0.675. The molecule has 1 amide bonds. The number of carboxylic acid groups (broad SMARTS) is 1. The van der Waals surface area contributed by atoms with Crippen LogP contribution in [0.5, 0.6) is 0 Å². The third-order valence-corrected chi connectivity index (χ3v) is 3.02. The van der Waals surface area contributed by atoms with Crippen molar-refractivity contribution in [2.75, 3.05) is 6.54 Å². The summed E-state index contributed by atoms with van der Waals surface area (Å²) in [5, 5.41) is 11.6.